The van der Waals surface area contributed by atoms with Crippen LogP contribution in [0.5, 0.6) is 0 Å². The maximum absolute atomic E-state index is 13.1. The van der Waals surface area contributed by atoms with E-state index in [1.165, 1.54) is 53.9 Å². The number of hydrogen-bond donors (Lipinski definition) is 0. The van der Waals surface area contributed by atoms with Crippen LogP contribution in [-0.4, -0.2) is 10.6 Å². The summed E-state index contributed by atoms with van der Waals surface area (Å²) in [6.07, 6.45) is 1.96. The van der Waals surface area contributed by atoms with Crippen molar-refractivity contribution in [1.29, 1.82) is 0 Å². The van der Waals surface area contributed by atoms with Gasteiger partial charge in [-0.2, -0.15) is 0 Å². The molecule has 0 aromatic heterocycles. The molecule has 0 spiro atoms. The highest BCUT2D eigenvalue weighted by Crippen LogP contribution is 2.47. The molecule has 154 valence electrons. The number of carbonyl (C=O) groups excluding carboxylic acids is 1. The van der Waals surface area contributed by atoms with Crippen molar-refractivity contribution in [3.05, 3.63) is 89.0 Å². The van der Waals surface area contributed by atoms with Crippen LogP contribution >= 0.6 is 27.5 Å². The van der Waals surface area contributed by atoms with Crippen LogP contribution in [0.3, 0.4) is 0 Å². The van der Waals surface area contributed by atoms with Crippen molar-refractivity contribution in [3.8, 4) is 0 Å². The van der Waals surface area contributed by atoms with Gasteiger partial charge in [-0.25, -0.2) is 0 Å². The molecule has 1 aliphatic rings. The van der Waals surface area contributed by atoms with Gasteiger partial charge in [0.1, 0.15) is 4.83 Å². The minimum atomic E-state index is -0.474. The fraction of sp³-hybridized carbons (Fsp3) is 0.0333. The third-order valence-corrected chi connectivity index (χ3v) is 8.89. The van der Waals surface area contributed by atoms with Gasteiger partial charge in [-0.1, -0.05) is 76.1 Å². The van der Waals surface area contributed by atoms with Crippen LogP contribution in [-0.2, 0) is 0 Å². The zero-order valence-electron chi connectivity index (χ0n) is 17.2. The van der Waals surface area contributed by atoms with E-state index >= 15 is 0 Å². The topological polar surface area (TPSA) is 17.1 Å². The van der Waals surface area contributed by atoms with Gasteiger partial charge in [0.15, 0.2) is 5.78 Å². The predicted molar refractivity (Wildman–Crippen MR) is 145 cm³/mol. The van der Waals surface area contributed by atoms with E-state index < -0.39 is 4.83 Å². The summed E-state index contributed by atoms with van der Waals surface area (Å²) in [6, 6.07) is 26.4. The average molecular weight is 506 g/mol. The predicted octanol–water partition coefficient (Wildman–Crippen LogP) is 9.02. The highest BCUT2D eigenvalue weighted by atomic mass is 79.9. The Hall–Kier alpha value is -3.20. The lowest BCUT2D eigenvalue weighted by Gasteiger charge is -2.23. The van der Waals surface area contributed by atoms with Gasteiger partial charge in [0.25, 0.3) is 0 Å². The van der Waals surface area contributed by atoms with E-state index in [0.29, 0.717) is 5.03 Å². The molecule has 0 saturated heterocycles. The SMILES string of the molecule is O=C1c2cc3ccc4cc5c6ccccc6cc6ccc7cc(c2C=C(Cl)C1Br)c3c4c7c65. The van der Waals surface area contributed by atoms with Crippen molar-refractivity contribution >= 4 is 104 Å². The standard InChI is InChI=1S/C30H14BrClO/c31-29-24(32)13-20-22-11-18-7-5-15-9-14-3-1-2-4-19(14)21-10-17-8-6-16(12-23(20)30(29)33)26(22)28(17)27(18)25(15)21/h1-13,29H. The molecule has 0 bridgehead atoms. The number of rotatable bonds is 0. The number of Topliss-reactive ketones (excluding diaryl/α,β-unsaturated/α-hetero) is 1. The number of halogens is 2. The van der Waals surface area contributed by atoms with Gasteiger partial charge in [0.2, 0.25) is 0 Å². The summed E-state index contributed by atoms with van der Waals surface area (Å²) in [7, 11) is 0. The molecule has 8 rings (SSSR count). The number of alkyl halides is 1. The van der Waals surface area contributed by atoms with Crippen molar-refractivity contribution in [2.24, 2.45) is 0 Å². The third kappa shape index (κ3) is 2.16. The average Bonchev–Trinajstić information content (AvgIpc) is 2.84. The van der Waals surface area contributed by atoms with Gasteiger partial charge >= 0.3 is 0 Å². The number of benzene rings is 7. The van der Waals surface area contributed by atoms with Crippen LogP contribution in [0.1, 0.15) is 15.9 Å². The Balaban J connectivity index is 1.68. The van der Waals surface area contributed by atoms with E-state index in [2.05, 4.69) is 82.7 Å². The molecule has 0 aliphatic heterocycles. The second kappa shape index (κ2) is 6.02. The number of hydrogen-bond acceptors (Lipinski definition) is 1. The largest absolute Gasteiger partial charge is 0.292 e. The van der Waals surface area contributed by atoms with Gasteiger partial charge in [-0.15, -0.1) is 0 Å². The summed E-state index contributed by atoms with van der Waals surface area (Å²) in [6.45, 7) is 0. The van der Waals surface area contributed by atoms with Gasteiger partial charge in [-0.3, -0.25) is 4.79 Å². The molecule has 1 aliphatic carbocycles. The summed E-state index contributed by atoms with van der Waals surface area (Å²) in [4.78, 5) is 12.6. The molecule has 3 heteroatoms. The van der Waals surface area contributed by atoms with Crippen molar-refractivity contribution in [3.63, 3.8) is 0 Å². The summed E-state index contributed by atoms with van der Waals surface area (Å²) in [5, 5.41) is 15.3. The van der Waals surface area contributed by atoms with Crippen LogP contribution < -0.4 is 0 Å². The molecule has 0 fully saturated rings. The highest BCUT2D eigenvalue weighted by molar-refractivity contribution is 9.10. The Morgan fingerprint density at radius 2 is 1.24 bits per heavy atom. The van der Waals surface area contributed by atoms with Gasteiger partial charge in [0, 0.05) is 10.6 Å². The second-order valence-corrected chi connectivity index (χ2v) is 10.4. The monoisotopic (exact) mass is 504 g/mol. The van der Waals surface area contributed by atoms with Gasteiger partial charge in [0.05, 0.1) is 0 Å². The normalized spacial score (nSPS) is 16.7. The first-order valence-corrected chi connectivity index (χ1v) is 12.3. The van der Waals surface area contributed by atoms with Gasteiger partial charge < -0.3 is 0 Å². The van der Waals surface area contributed by atoms with Crippen LogP contribution in [0, 0.1) is 0 Å². The number of fused-ring (bicyclic) bond motifs is 4. The number of carbonyl (C=O) groups is 1. The molecule has 0 heterocycles. The first kappa shape index (κ1) is 18.3. The summed E-state index contributed by atoms with van der Waals surface area (Å²) in [5.74, 6) is 0.0198. The fourth-order valence-electron chi connectivity index (χ4n) is 6.00. The molecule has 0 amide bonds. The molecule has 1 unspecified atom stereocenters. The maximum Gasteiger partial charge on any atom is 0.182 e. The van der Waals surface area contributed by atoms with Gasteiger partial charge in [-0.05, 0) is 101 Å². The molecule has 7 aromatic carbocycles. The Morgan fingerprint density at radius 3 is 2.00 bits per heavy atom. The lowest BCUT2D eigenvalue weighted by atomic mass is 9.82. The Bertz CT molecular complexity index is 2020. The molecule has 7 aromatic rings. The number of ketones is 1. The molecule has 0 saturated carbocycles. The summed E-state index contributed by atoms with van der Waals surface area (Å²) >= 11 is 9.93. The van der Waals surface area contributed by atoms with E-state index in [1.54, 1.807) is 0 Å². The lowest BCUT2D eigenvalue weighted by molar-refractivity contribution is 0.100. The fourth-order valence-corrected chi connectivity index (χ4v) is 6.58. The van der Waals surface area contributed by atoms with Crippen LogP contribution in [0.4, 0.5) is 0 Å². The molecule has 33 heavy (non-hydrogen) atoms. The summed E-state index contributed by atoms with van der Waals surface area (Å²) < 4.78 is 0. The van der Waals surface area contributed by atoms with Crippen LogP contribution in [0.2, 0.25) is 0 Å². The van der Waals surface area contributed by atoms with Crippen LogP contribution in [0.15, 0.2) is 77.8 Å². The van der Waals surface area contributed by atoms with Crippen molar-refractivity contribution in [2.45, 2.75) is 4.83 Å². The molecular formula is C30H14BrClO. The molecule has 1 atom stereocenters. The Kier molecular flexibility index (Phi) is 3.33. The second-order valence-electron chi connectivity index (χ2n) is 9.06. The van der Waals surface area contributed by atoms with Crippen molar-refractivity contribution < 1.29 is 4.79 Å². The zero-order valence-corrected chi connectivity index (χ0v) is 19.6. The minimum Gasteiger partial charge on any atom is -0.292 e. The molecule has 0 N–H and O–H groups in total. The molecule has 1 nitrogen and oxygen atoms in total. The minimum absolute atomic E-state index is 0.0198. The van der Waals surface area contributed by atoms with E-state index in [9.17, 15) is 4.79 Å². The first-order chi connectivity index (χ1) is 16.1. The van der Waals surface area contributed by atoms with E-state index in [1.807, 2.05) is 12.1 Å². The lowest BCUT2D eigenvalue weighted by Crippen LogP contribution is -2.19. The van der Waals surface area contributed by atoms with Crippen LogP contribution in [0.25, 0.3) is 70.7 Å². The molecule has 0 radical (unpaired) electrons. The third-order valence-electron chi connectivity index (χ3n) is 7.39. The maximum atomic E-state index is 13.1. The highest BCUT2D eigenvalue weighted by Gasteiger charge is 2.29. The smallest absolute Gasteiger partial charge is 0.182 e. The van der Waals surface area contributed by atoms with Crippen molar-refractivity contribution in [2.75, 3.05) is 0 Å². The van der Waals surface area contributed by atoms with E-state index in [4.69, 9.17) is 11.6 Å². The quantitative estimate of drug-likeness (QED) is 0.114. The van der Waals surface area contributed by atoms with E-state index in [0.717, 1.165) is 21.9 Å². The Morgan fingerprint density at radius 1 is 0.636 bits per heavy atom. The van der Waals surface area contributed by atoms with Crippen molar-refractivity contribution in [1.82, 2.24) is 0 Å². The zero-order chi connectivity index (χ0) is 22.0. The Labute approximate surface area is 202 Å². The molecular weight excluding hydrogens is 492 g/mol. The first-order valence-electron chi connectivity index (χ1n) is 11.0. The summed E-state index contributed by atoms with van der Waals surface area (Å²) in [5.41, 5.74) is 1.66. The number of allylic oxidation sites excluding steroid dienone is 1. The van der Waals surface area contributed by atoms with E-state index in [-0.39, 0.29) is 5.78 Å².